The fourth-order valence-corrected chi connectivity index (χ4v) is 3.98. The van der Waals surface area contributed by atoms with Gasteiger partial charge in [-0.15, -0.1) is 0 Å². The van der Waals surface area contributed by atoms with Crippen LogP contribution in [0.15, 0.2) is 54.7 Å². The summed E-state index contributed by atoms with van der Waals surface area (Å²) in [5, 5.41) is 8.43. The summed E-state index contributed by atoms with van der Waals surface area (Å²) in [6, 6.07) is 15.5. The summed E-state index contributed by atoms with van der Waals surface area (Å²) >= 11 is 0. The van der Waals surface area contributed by atoms with E-state index in [0.29, 0.717) is 23.9 Å². The van der Waals surface area contributed by atoms with Crippen LogP contribution in [0.4, 0.5) is 5.82 Å². The molecule has 0 aliphatic rings. The molecule has 0 saturated carbocycles. The third kappa shape index (κ3) is 4.14. The molecule has 7 nitrogen and oxygen atoms in total. The Labute approximate surface area is 187 Å². The Kier molecular flexibility index (Phi) is 6.07. The van der Waals surface area contributed by atoms with Crippen LogP contribution in [0.3, 0.4) is 0 Å². The third-order valence-electron chi connectivity index (χ3n) is 5.61. The average molecular weight is 431 g/mol. The summed E-state index contributed by atoms with van der Waals surface area (Å²) in [7, 11) is 3.21. The number of amides is 1. The third-order valence-corrected chi connectivity index (χ3v) is 5.61. The number of methoxy groups -OCH3 is 2. The first kappa shape index (κ1) is 21.4. The highest BCUT2D eigenvalue weighted by molar-refractivity contribution is 5.93. The van der Waals surface area contributed by atoms with E-state index in [9.17, 15) is 4.79 Å². The van der Waals surface area contributed by atoms with E-state index in [0.717, 1.165) is 33.3 Å². The largest absolute Gasteiger partial charge is 0.493 e. The van der Waals surface area contributed by atoms with Gasteiger partial charge in [0, 0.05) is 22.7 Å². The van der Waals surface area contributed by atoms with Gasteiger partial charge in [0.25, 0.3) is 0 Å². The van der Waals surface area contributed by atoms with Gasteiger partial charge in [-0.05, 0) is 37.1 Å². The first-order valence-electron chi connectivity index (χ1n) is 10.4. The Bertz CT molecular complexity index is 1280. The lowest BCUT2D eigenvalue weighted by molar-refractivity contribution is -0.115. The SMILES string of the molecule is COc1cccc(Cn2nccc2NC(=O)Cc2c(C)nc3ccccc3c2C)c1OC. The standard InChI is InChI=1S/C25H26N4O3/c1-16-19-9-5-6-10-21(19)27-17(2)20(16)14-24(30)28-23-12-13-26-29(23)15-18-8-7-11-22(31-3)25(18)32-4/h5-13H,14-15H2,1-4H3,(H,28,30). The summed E-state index contributed by atoms with van der Waals surface area (Å²) in [5.41, 5.74) is 4.74. The molecule has 0 radical (unpaired) electrons. The molecule has 0 atom stereocenters. The molecule has 2 aromatic heterocycles. The van der Waals surface area contributed by atoms with Crippen LogP contribution in [-0.2, 0) is 17.8 Å². The van der Waals surface area contributed by atoms with Crippen molar-refractivity contribution in [3.05, 3.63) is 77.1 Å². The second-order valence-electron chi connectivity index (χ2n) is 7.57. The van der Waals surface area contributed by atoms with Crippen molar-refractivity contribution in [2.24, 2.45) is 0 Å². The summed E-state index contributed by atoms with van der Waals surface area (Å²) in [5.74, 6) is 1.80. The van der Waals surface area contributed by atoms with Crippen molar-refractivity contribution in [1.82, 2.24) is 14.8 Å². The number of ether oxygens (including phenoxy) is 2. The normalized spacial score (nSPS) is 10.9. The van der Waals surface area contributed by atoms with Crippen LogP contribution in [0.25, 0.3) is 10.9 Å². The first-order chi connectivity index (χ1) is 15.5. The number of para-hydroxylation sites is 2. The van der Waals surface area contributed by atoms with Crippen LogP contribution in [0.5, 0.6) is 11.5 Å². The number of pyridine rings is 1. The molecule has 1 N–H and O–H groups in total. The van der Waals surface area contributed by atoms with Gasteiger partial charge in [0.05, 0.1) is 38.9 Å². The zero-order valence-electron chi connectivity index (χ0n) is 18.7. The number of anilines is 1. The Morgan fingerprint density at radius 2 is 1.84 bits per heavy atom. The number of aryl methyl sites for hydroxylation is 2. The number of benzene rings is 2. The van der Waals surface area contributed by atoms with Crippen molar-refractivity contribution < 1.29 is 14.3 Å². The molecule has 0 aliphatic carbocycles. The maximum atomic E-state index is 12.9. The van der Waals surface area contributed by atoms with Crippen LogP contribution in [0.2, 0.25) is 0 Å². The van der Waals surface area contributed by atoms with Crippen LogP contribution >= 0.6 is 0 Å². The number of carbonyl (C=O) groups excluding carboxylic acids is 1. The molecule has 4 aromatic rings. The van der Waals surface area contributed by atoms with Gasteiger partial charge in [-0.1, -0.05) is 30.3 Å². The van der Waals surface area contributed by atoms with Crippen molar-refractivity contribution in [3.63, 3.8) is 0 Å². The van der Waals surface area contributed by atoms with Gasteiger partial charge in [0.1, 0.15) is 5.82 Å². The van der Waals surface area contributed by atoms with Gasteiger partial charge in [-0.25, -0.2) is 4.68 Å². The molecule has 7 heteroatoms. The number of hydrogen-bond donors (Lipinski definition) is 1. The minimum Gasteiger partial charge on any atom is -0.493 e. The minimum absolute atomic E-state index is 0.118. The van der Waals surface area contributed by atoms with Crippen molar-refractivity contribution in [3.8, 4) is 11.5 Å². The summed E-state index contributed by atoms with van der Waals surface area (Å²) < 4.78 is 12.6. The molecule has 0 fully saturated rings. The fraction of sp³-hybridized carbons (Fsp3) is 0.240. The van der Waals surface area contributed by atoms with E-state index in [4.69, 9.17) is 9.47 Å². The van der Waals surface area contributed by atoms with E-state index in [-0.39, 0.29) is 12.3 Å². The van der Waals surface area contributed by atoms with E-state index in [1.807, 2.05) is 56.3 Å². The van der Waals surface area contributed by atoms with E-state index in [2.05, 4.69) is 15.4 Å². The molecule has 0 unspecified atom stereocenters. The van der Waals surface area contributed by atoms with Gasteiger partial charge in [-0.2, -0.15) is 5.10 Å². The molecule has 1 amide bonds. The molecular formula is C25H26N4O3. The van der Waals surface area contributed by atoms with Crippen LogP contribution in [-0.4, -0.2) is 34.9 Å². The van der Waals surface area contributed by atoms with Crippen molar-refractivity contribution >= 4 is 22.6 Å². The topological polar surface area (TPSA) is 78.3 Å². The van der Waals surface area contributed by atoms with Crippen LogP contribution < -0.4 is 14.8 Å². The summed E-state index contributed by atoms with van der Waals surface area (Å²) in [6.07, 6.45) is 1.90. The molecule has 32 heavy (non-hydrogen) atoms. The number of aromatic nitrogens is 3. The van der Waals surface area contributed by atoms with E-state index in [1.54, 1.807) is 31.2 Å². The van der Waals surface area contributed by atoms with Gasteiger partial charge >= 0.3 is 0 Å². The van der Waals surface area contributed by atoms with Gasteiger partial charge < -0.3 is 14.8 Å². The zero-order valence-corrected chi connectivity index (χ0v) is 18.7. The second kappa shape index (κ2) is 9.09. The van der Waals surface area contributed by atoms with Gasteiger partial charge in [-0.3, -0.25) is 9.78 Å². The van der Waals surface area contributed by atoms with Crippen molar-refractivity contribution in [1.29, 1.82) is 0 Å². The van der Waals surface area contributed by atoms with Gasteiger partial charge in [0.2, 0.25) is 5.91 Å². The van der Waals surface area contributed by atoms with Crippen molar-refractivity contribution in [2.75, 3.05) is 19.5 Å². The molecule has 2 aromatic carbocycles. The molecule has 164 valence electrons. The van der Waals surface area contributed by atoms with E-state index in [1.165, 1.54) is 0 Å². The molecular weight excluding hydrogens is 404 g/mol. The van der Waals surface area contributed by atoms with E-state index >= 15 is 0 Å². The van der Waals surface area contributed by atoms with E-state index < -0.39 is 0 Å². The smallest absolute Gasteiger partial charge is 0.230 e. The Morgan fingerprint density at radius 1 is 1.03 bits per heavy atom. The molecule has 0 spiro atoms. The highest BCUT2D eigenvalue weighted by atomic mass is 16.5. The lowest BCUT2D eigenvalue weighted by Crippen LogP contribution is -2.19. The molecule has 4 rings (SSSR count). The number of nitrogens with one attached hydrogen (secondary N) is 1. The van der Waals surface area contributed by atoms with Gasteiger partial charge in [0.15, 0.2) is 11.5 Å². The second-order valence-corrected chi connectivity index (χ2v) is 7.57. The minimum atomic E-state index is -0.118. The number of carbonyl (C=O) groups is 1. The zero-order chi connectivity index (χ0) is 22.7. The Hall–Kier alpha value is -3.87. The summed E-state index contributed by atoms with van der Waals surface area (Å²) in [4.78, 5) is 17.6. The monoisotopic (exact) mass is 430 g/mol. The quantitative estimate of drug-likeness (QED) is 0.473. The predicted molar refractivity (Wildman–Crippen MR) is 124 cm³/mol. The lowest BCUT2D eigenvalue weighted by Gasteiger charge is -2.15. The Morgan fingerprint density at radius 3 is 2.62 bits per heavy atom. The first-order valence-corrected chi connectivity index (χ1v) is 10.4. The highest BCUT2D eigenvalue weighted by Gasteiger charge is 2.16. The Balaban J connectivity index is 1.54. The van der Waals surface area contributed by atoms with Crippen LogP contribution in [0, 0.1) is 13.8 Å². The number of hydrogen-bond acceptors (Lipinski definition) is 5. The summed E-state index contributed by atoms with van der Waals surface area (Å²) in [6.45, 7) is 4.42. The van der Waals surface area contributed by atoms with Crippen LogP contribution in [0.1, 0.15) is 22.4 Å². The molecule has 2 heterocycles. The maximum absolute atomic E-state index is 12.9. The molecule has 0 saturated heterocycles. The maximum Gasteiger partial charge on any atom is 0.230 e. The molecule has 0 aliphatic heterocycles. The lowest BCUT2D eigenvalue weighted by atomic mass is 9.99. The highest BCUT2D eigenvalue weighted by Crippen LogP contribution is 2.31. The number of rotatable bonds is 7. The fourth-order valence-electron chi connectivity index (χ4n) is 3.98. The predicted octanol–water partition coefficient (Wildman–Crippen LogP) is 4.29. The number of fused-ring (bicyclic) bond motifs is 1. The molecule has 0 bridgehead atoms. The van der Waals surface area contributed by atoms with Crippen molar-refractivity contribution in [2.45, 2.75) is 26.8 Å². The average Bonchev–Trinajstić information content (AvgIpc) is 3.22. The number of nitrogens with zero attached hydrogens (tertiary/aromatic N) is 3.